The van der Waals surface area contributed by atoms with E-state index in [0.29, 0.717) is 0 Å². The molecule has 0 heterocycles. The molecule has 0 fully saturated rings. The molecule has 0 aliphatic heterocycles. The number of nitro benzene ring substituents is 3. The fraction of sp³-hybridized carbons (Fsp3) is 0.344. The number of esters is 2. The van der Waals surface area contributed by atoms with Crippen LogP contribution in [0.2, 0.25) is 0 Å². The number of hydrogen-bond donors (Lipinski definition) is 1. The molecule has 1 atom stereocenters. The molecular weight excluding hydrogens is 729 g/mol. The molecule has 3 rings (SSSR count). The molecule has 54 heavy (non-hydrogen) atoms. The van der Waals surface area contributed by atoms with E-state index < -0.39 is 82.1 Å². The number of benzene rings is 3. The third-order valence-corrected chi connectivity index (χ3v) is 7.41. The SMILES string of the molecule is COc1cc(COC(=O)NC(C[13C](=O)OCc2cc(OC)c(OC)cc2[N+](=O)[O-])C(=O)OCc2cc(OC)c(OC)cc2[N+](=O)[O-])c([N+](=O)[O-])cc1OC. The minimum Gasteiger partial charge on any atom is -0.493 e. The van der Waals surface area contributed by atoms with Crippen molar-refractivity contribution in [1.29, 1.82) is 0 Å². The smallest absolute Gasteiger partial charge is 0.408 e. The zero-order valence-corrected chi connectivity index (χ0v) is 29.6. The fourth-order valence-corrected chi connectivity index (χ4v) is 4.74. The van der Waals surface area contributed by atoms with Crippen LogP contribution in [0.1, 0.15) is 23.1 Å². The van der Waals surface area contributed by atoms with Crippen molar-refractivity contribution < 1.29 is 71.8 Å². The highest BCUT2D eigenvalue weighted by Gasteiger charge is 2.30. The van der Waals surface area contributed by atoms with Crippen LogP contribution in [0.25, 0.3) is 0 Å². The number of nitro groups is 3. The molecule has 3 aromatic rings. The fourth-order valence-electron chi connectivity index (χ4n) is 4.74. The minimum absolute atomic E-state index is 0.00810. The predicted molar refractivity (Wildman–Crippen MR) is 180 cm³/mol. The Labute approximate surface area is 305 Å². The summed E-state index contributed by atoms with van der Waals surface area (Å²) in [5.74, 6) is -2.21. The molecule has 0 aliphatic rings. The lowest BCUT2D eigenvalue weighted by atomic mass is 10.1. The van der Waals surface area contributed by atoms with Crippen molar-refractivity contribution in [3.8, 4) is 34.5 Å². The molecule has 0 radical (unpaired) electrons. The van der Waals surface area contributed by atoms with E-state index >= 15 is 0 Å². The van der Waals surface area contributed by atoms with Crippen molar-refractivity contribution in [2.75, 3.05) is 42.7 Å². The van der Waals surface area contributed by atoms with E-state index in [0.717, 1.165) is 18.2 Å². The average molecular weight is 764 g/mol. The molecule has 22 heteroatoms. The van der Waals surface area contributed by atoms with Crippen molar-refractivity contribution in [2.45, 2.75) is 32.3 Å². The lowest BCUT2D eigenvalue weighted by Crippen LogP contribution is -2.43. The van der Waals surface area contributed by atoms with Crippen LogP contribution in [-0.4, -0.2) is 81.5 Å². The molecule has 3 aromatic carbocycles. The third kappa shape index (κ3) is 10.2. The summed E-state index contributed by atoms with van der Waals surface area (Å²) in [6, 6.07) is 4.82. The van der Waals surface area contributed by atoms with Gasteiger partial charge in [-0.1, -0.05) is 0 Å². The Morgan fingerprint density at radius 1 is 0.537 bits per heavy atom. The summed E-state index contributed by atoms with van der Waals surface area (Å²) in [4.78, 5) is 72.1. The molecule has 0 saturated heterocycles. The van der Waals surface area contributed by atoms with Gasteiger partial charge in [-0.2, -0.15) is 0 Å². The highest BCUT2D eigenvalue weighted by Crippen LogP contribution is 2.37. The van der Waals surface area contributed by atoms with E-state index in [1.165, 1.54) is 60.9 Å². The molecule has 1 amide bonds. The van der Waals surface area contributed by atoms with Gasteiger partial charge in [0.25, 0.3) is 17.1 Å². The molecule has 0 aliphatic carbocycles. The van der Waals surface area contributed by atoms with Crippen molar-refractivity contribution in [2.24, 2.45) is 0 Å². The lowest BCUT2D eigenvalue weighted by molar-refractivity contribution is -0.386. The second-order valence-corrected chi connectivity index (χ2v) is 10.5. The second kappa shape index (κ2) is 18.9. The molecule has 1 unspecified atom stereocenters. The maximum atomic E-state index is 13.3. The van der Waals surface area contributed by atoms with Gasteiger partial charge in [-0.25, -0.2) is 9.59 Å². The number of carbonyl (C=O) groups excluding carboxylic acids is 3. The number of amides is 1. The van der Waals surface area contributed by atoms with E-state index in [9.17, 15) is 44.7 Å². The Bertz CT molecular complexity index is 1830. The second-order valence-electron chi connectivity index (χ2n) is 10.5. The first-order valence-electron chi connectivity index (χ1n) is 15.1. The first-order chi connectivity index (χ1) is 25.7. The summed E-state index contributed by atoms with van der Waals surface area (Å²) in [7, 11) is 7.59. The number of methoxy groups -OCH3 is 6. The van der Waals surface area contributed by atoms with Gasteiger partial charge in [-0.3, -0.25) is 35.1 Å². The maximum Gasteiger partial charge on any atom is 0.408 e. The topological polar surface area (TPSA) is 276 Å². The average Bonchev–Trinajstić information content (AvgIpc) is 3.16. The minimum atomic E-state index is -1.88. The van der Waals surface area contributed by atoms with Crippen LogP contribution >= 0.6 is 0 Å². The molecule has 22 nitrogen and oxygen atoms in total. The molecule has 1 N–H and O–H groups in total. The van der Waals surface area contributed by atoms with Gasteiger partial charge in [0, 0.05) is 0 Å². The quantitative estimate of drug-likeness (QED) is 0.0595. The van der Waals surface area contributed by atoms with Gasteiger partial charge in [-0.05, 0) is 18.2 Å². The summed E-state index contributed by atoms with van der Waals surface area (Å²) >= 11 is 0. The first-order valence-corrected chi connectivity index (χ1v) is 15.1. The van der Waals surface area contributed by atoms with Crippen LogP contribution in [-0.2, 0) is 43.6 Å². The zero-order chi connectivity index (χ0) is 40.1. The third-order valence-electron chi connectivity index (χ3n) is 7.41. The van der Waals surface area contributed by atoms with Crippen molar-refractivity contribution in [3.63, 3.8) is 0 Å². The van der Waals surface area contributed by atoms with Crippen LogP contribution in [0.4, 0.5) is 21.9 Å². The van der Waals surface area contributed by atoms with E-state index in [2.05, 4.69) is 5.32 Å². The van der Waals surface area contributed by atoms with Crippen LogP contribution in [0.5, 0.6) is 34.5 Å². The van der Waals surface area contributed by atoms with Crippen molar-refractivity contribution >= 4 is 35.1 Å². The van der Waals surface area contributed by atoms with Crippen molar-refractivity contribution in [3.05, 3.63) is 83.4 Å². The number of carbonyl (C=O) groups is 3. The van der Waals surface area contributed by atoms with Gasteiger partial charge < -0.3 is 47.9 Å². The summed E-state index contributed by atoms with van der Waals surface area (Å²) in [6.07, 6.45) is -2.30. The van der Waals surface area contributed by atoms with E-state index in [-0.39, 0.29) is 51.2 Å². The van der Waals surface area contributed by atoms with E-state index in [1.54, 1.807) is 0 Å². The largest absolute Gasteiger partial charge is 0.493 e. The number of ether oxygens (including phenoxy) is 9. The summed E-state index contributed by atoms with van der Waals surface area (Å²) in [6.45, 7) is -2.18. The van der Waals surface area contributed by atoms with Gasteiger partial charge in [0.15, 0.2) is 34.5 Å². The number of alkyl carbamates (subject to hydrolysis) is 1. The lowest BCUT2D eigenvalue weighted by Gasteiger charge is -2.18. The number of rotatable bonds is 19. The van der Waals surface area contributed by atoms with Crippen LogP contribution in [0, 0.1) is 30.3 Å². The highest BCUT2D eigenvalue weighted by atomic mass is 16.6. The van der Waals surface area contributed by atoms with Gasteiger partial charge in [0.1, 0.15) is 25.9 Å². The van der Waals surface area contributed by atoms with Crippen LogP contribution in [0.3, 0.4) is 0 Å². The highest BCUT2D eigenvalue weighted by molar-refractivity contribution is 5.86. The van der Waals surface area contributed by atoms with Crippen molar-refractivity contribution in [1.82, 2.24) is 5.32 Å². The zero-order valence-electron chi connectivity index (χ0n) is 29.6. The Balaban J connectivity index is 1.87. The number of hydrogen-bond acceptors (Lipinski definition) is 18. The van der Waals surface area contributed by atoms with E-state index in [1.807, 2.05) is 0 Å². The summed E-state index contributed by atoms with van der Waals surface area (Å²) in [5, 5.41) is 37.2. The van der Waals surface area contributed by atoms with Gasteiger partial charge in [-0.15, -0.1) is 0 Å². The first kappa shape index (κ1) is 41.3. The summed E-state index contributed by atoms with van der Waals surface area (Å²) < 4.78 is 46.2. The summed E-state index contributed by atoms with van der Waals surface area (Å²) in [5.41, 5.74) is -1.91. The van der Waals surface area contributed by atoms with Gasteiger partial charge in [0.2, 0.25) is 0 Å². The number of nitrogens with zero attached hydrogens (tertiary/aromatic N) is 3. The molecular formula is C32H34N4O18. The number of nitrogens with one attached hydrogen (secondary N) is 1. The maximum absolute atomic E-state index is 13.3. The molecule has 0 saturated carbocycles. The molecule has 0 bridgehead atoms. The molecule has 290 valence electrons. The Morgan fingerprint density at radius 3 is 1.19 bits per heavy atom. The normalized spacial score (nSPS) is 10.9. The van der Waals surface area contributed by atoms with Crippen LogP contribution < -0.4 is 33.7 Å². The Hall–Kier alpha value is -7.13. The standard InChI is InChI=1S/C32H34N4O18/c1-46-24-7-17(21(34(40)41)11-27(24)49-4)14-52-30(37)10-20(31(38)53-15-18-8-25(47-2)28(50-5)12-22(18)35(42)43)33-32(39)54-16-19-9-26(48-3)29(51-6)13-23(19)36(44)45/h7-9,11-13,20H,10,14-16H2,1-6H3,(H,33,39)/i30+1. The Morgan fingerprint density at radius 2 is 0.852 bits per heavy atom. The molecule has 0 aromatic heterocycles. The Kier molecular flexibility index (Phi) is 14.5. The predicted octanol–water partition coefficient (Wildman–Crippen LogP) is 3.93. The van der Waals surface area contributed by atoms with E-state index in [4.69, 9.17) is 42.6 Å². The molecule has 0 spiro atoms. The van der Waals surface area contributed by atoms with Crippen LogP contribution in [0.15, 0.2) is 36.4 Å². The van der Waals surface area contributed by atoms with Gasteiger partial charge >= 0.3 is 18.0 Å². The monoisotopic (exact) mass is 763 g/mol. The van der Waals surface area contributed by atoms with Gasteiger partial charge in [0.05, 0.1) is 98.7 Å².